The smallest absolute Gasteiger partial charge is 0.255 e. The molecule has 0 unspecified atom stereocenters. The molecule has 1 aliphatic rings. The average molecular weight is 327 g/mol. The number of carbonyl (C=O) groups is 1. The highest BCUT2D eigenvalue weighted by Crippen LogP contribution is 2.14. The molecule has 0 aliphatic carbocycles. The Morgan fingerprint density at radius 3 is 2.96 bits per heavy atom. The quantitative estimate of drug-likeness (QED) is 0.857. The van der Waals surface area contributed by atoms with Gasteiger partial charge >= 0.3 is 0 Å². The van der Waals surface area contributed by atoms with Gasteiger partial charge in [0.1, 0.15) is 5.82 Å². The molecule has 2 aromatic heterocycles. The molecule has 3 rings (SSSR count). The number of H-pyrrole nitrogens is 1. The van der Waals surface area contributed by atoms with Gasteiger partial charge in [0.25, 0.3) is 5.56 Å². The summed E-state index contributed by atoms with van der Waals surface area (Å²) < 4.78 is 0. The van der Waals surface area contributed by atoms with E-state index < -0.39 is 0 Å². The van der Waals surface area contributed by atoms with Gasteiger partial charge in [0, 0.05) is 54.9 Å². The molecule has 1 aliphatic heterocycles. The number of piperazine rings is 1. The topological polar surface area (TPSA) is 91.0 Å². The van der Waals surface area contributed by atoms with E-state index in [1.165, 1.54) is 0 Å². The van der Waals surface area contributed by atoms with Crippen LogP contribution in [-0.4, -0.2) is 51.4 Å². The van der Waals surface area contributed by atoms with Crippen molar-refractivity contribution in [1.29, 1.82) is 0 Å². The molecule has 3 heterocycles. The highest BCUT2D eigenvalue weighted by molar-refractivity contribution is 5.79. The molecule has 0 spiro atoms. The number of hydrogen-bond donors (Lipinski definition) is 2. The molecule has 1 saturated heterocycles. The van der Waals surface area contributed by atoms with E-state index in [2.05, 4.69) is 20.3 Å². The van der Waals surface area contributed by atoms with Crippen molar-refractivity contribution in [3.05, 3.63) is 46.1 Å². The van der Waals surface area contributed by atoms with E-state index >= 15 is 0 Å². The highest BCUT2D eigenvalue weighted by atomic mass is 16.2. The summed E-state index contributed by atoms with van der Waals surface area (Å²) in [6.45, 7) is 5.99. The van der Waals surface area contributed by atoms with Crippen LogP contribution >= 0.6 is 0 Å². The van der Waals surface area contributed by atoms with E-state index in [9.17, 15) is 9.59 Å². The van der Waals surface area contributed by atoms with Crippen LogP contribution in [0, 0.1) is 6.92 Å². The summed E-state index contributed by atoms with van der Waals surface area (Å²) in [5, 5.41) is 3.25. The predicted octanol–water partition coefficient (Wildman–Crippen LogP) is 0.503. The molecule has 1 atom stereocenters. The predicted molar refractivity (Wildman–Crippen MR) is 90.6 cm³/mol. The van der Waals surface area contributed by atoms with Crippen molar-refractivity contribution in [2.75, 3.05) is 19.6 Å². The van der Waals surface area contributed by atoms with Crippen LogP contribution in [0.25, 0.3) is 11.4 Å². The Morgan fingerprint density at radius 1 is 1.46 bits per heavy atom. The number of amides is 1. The summed E-state index contributed by atoms with van der Waals surface area (Å²) in [6, 6.07) is 3.75. The number of nitrogens with one attached hydrogen (secondary N) is 2. The van der Waals surface area contributed by atoms with Crippen LogP contribution < -0.4 is 10.9 Å². The third-order valence-corrected chi connectivity index (χ3v) is 4.31. The summed E-state index contributed by atoms with van der Waals surface area (Å²) in [4.78, 5) is 38.0. The molecular weight excluding hydrogens is 306 g/mol. The Hall–Kier alpha value is -2.54. The van der Waals surface area contributed by atoms with Gasteiger partial charge in [-0.15, -0.1) is 0 Å². The maximum Gasteiger partial charge on any atom is 0.255 e. The van der Waals surface area contributed by atoms with Crippen LogP contribution in [0.5, 0.6) is 0 Å². The Bertz CT molecular complexity index is 787. The normalized spacial score (nSPS) is 17.8. The minimum atomic E-state index is -0.266. The van der Waals surface area contributed by atoms with E-state index in [-0.39, 0.29) is 23.9 Å². The lowest BCUT2D eigenvalue weighted by atomic mass is 10.1. The summed E-state index contributed by atoms with van der Waals surface area (Å²) >= 11 is 0. The second kappa shape index (κ2) is 6.92. The monoisotopic (exact) mass is 327 g/mol. The average Bonchev–Trinajstić information content (AvgIpc) is 2.59. The van der Waals surface area contributed by atoms with Crippen molar-refractivity contribution in [1.82, 2.24) is 25.2 Å². The van der Waals surface area contributed by atoms with E-state index in [0.29, 0.717) is 23.6 Å². The number of hydrogen-bond acceptors (Lipinski definition) is 5. The summed E-state index contributed by atoms with van der Waals surface area (Å²) in [5.74, 6) is 0.436. The molecule has 7 heteroatoms. The summed E-state index contributed by atoms with van der Waals surface area (Å²) in [5.41, 5.74) is 1.48. The zero-order chi connectivity index (χ0) is 17.1. The number of aryl methyl sites for hydroxylation is 1. The van der Waals surface area contributed by atoms with E-state index in [1.807, 2.05) is 17.9 Å². The molecule has 7 nitrogen and oxygen atoms in total. The van der Waals surface area contributed by atoms with Gasteiger partial charge in [-0.25, -0.2) is 4.98 Å². The number of aromatic nitrogens is 3. The minimum Gasteiger partial charge on any atom is -0.337 e. The molecule has 0 saturated carbocycles. The number of aromatic amines is 1. The molecule has 0 radical (unpaired) electrons. The second-order valence-corrected chi connectivity index (χ2v) is 6.04. The molecule has 1 amide bonds. The third kappa shape index (κ3) is 3.35. The maximum atomic E-state index is 12.5. The summed E-state index contributed by atoms with van der Waals surface area (Å²) in [6.07, 6.45) is 3.38. The Morgan fingerprint density at radius 2 is 2.29 bits per heavy atom. The number of nitrogens with zero attached hydrogens (tertiary/aromatic N) is 3. The molecule has 2 N–H and O–H groups in total. The van der Waals surface area contributed by atoms with Crippen LogP contribution in [0.1, 0.15) is 18.2 Å². The molecule has 24 heavy (non-hydrogen) atoms. The largest absolute Gasteiger partial charge is 0.337 e. The van der Waals surface area contributed by atoms with Crippen LogP contribution in [0.3, 0.4) is 0 Å². The van der Waals surface area contributed by atoms with Gasteiger partial charge in [-0.05, 0) is 26.0 Å². The Balaban J connectivity index is 1.84. The van der Waals surface area contributed by atoms with E-state index in [0.717, 1.165) is 18.7 Å². The van der Waals surface area contributed by atoms with Gasteiger partial charge in [0.15, 0.2) is 0 Å². The van der Waals surface area contributed by atoms with Gasteiger partial charge in [-0.3, -0.25) is 14.6 Å². The fraction of sp³-hybridized carbons (Fsp3) is 0.412. The van der Waals surface area contributed by atoms with Crippen molar-refractivity contribution < 1.29 is 4.79 Å². The Kier molecular flexibility index (Phi) is 4.71. The maximum absolute atomic E-state index is 12.5. The zero-order valence-corrected chi connectivity index (χ0v) is 13.9. The number of pyridine rings is 1. The first kappa shape index (κ1) is 16.3. The van der Waals surface area contributed by atoms with E-state index in [1.54, 1.807) is 25.4 Å². The standard InChI is InChI=1S/C17H21N5O2/c1-11-9-19-6-7-22(11)15(23)8-14-12(2)20-16(21-17(14)24)13-4-3-5-18-10-13/h3-5,10-11,19H,6-9H2,1-2H3,(H,20,21,24)/t11-/m0/s1. The van der Waals surface area contributed by atoms with Crippen molar-refractivity contribution >= 4 is 5.91 Å². The fourth-order valence-corrected chi connectivity index (χ4v) is 2.92. The summed E-state index contributed by atoms with van der Waals surface area (Å²) in [7, 11) is 0. The Labute approximate surface area is 140 Å². The lowest BCUT2D eigenvalue weighted by Crippen LogP contribution is -2.52. The highest BCUT2D eigenvalue weighted by Gasteiger charge is 2.24. The first-order valence-electron chi connectivity index (χ1n) is 8.06. The zero-order valence-electron chi connectivity index (χ0n) is 13.9. The second-order valence-electron chi connectivity index (χ2n) is 6.04. The number of carbonyl (C=O) groups excluding carboxylic acids is 1. The van der Waals surface area contributed by atoms with Crippen LogP contribution in [0.2, 0.25) is 0 Å². The number of rotatable bonds is 3. The van der Waals surface area contributed by atoms with Gasteiger partial charge in [-0.1, -0.05) is 0 Å². The SMILES string of the molecule is Cc1nc(-c2cccnc2)[nH]c(=O)c1CC(=O)N1CCNC[C@@H]1C. The van der Waals surface area contributed by atoms with Crippen LogP contribution in [-0.2, 0) is 11.2 Å². The van der Waals surface area contributed by atoms with Crippen LogP contribution in [0.4, 0.5) is 0 Å². The molecular formula is C17H21N5O2. The molecule has 1 fully saturated rings. The van der Waals surface area contributed by atoms with Gasteiger partial charge < -0.3 is 15.2 Å². The molecule has 0 aromatic carbocycles. The van der Waals surface area contributed by atoms with Gasteiger partial charge in [0.05, 0.1) is 6.42 Å². The van der Waals surface area contributed by atoms with E-state index in [4.69, 9.17) is 0 Å². The first-order valence-corrected chi connectivity index (χ1v) is 8.06. The first-order chi connectivity index (χ1) is 11.6. The fourth-order valence-electron chi connectivity index (χ4n) is 2.92. The lowest BCUT2D eigenvalue weighted by Gasteiger charge is -2.34. The minimum absolute atomic E-state index is 0.0338. The van der Waals surface area contributed by atoms with Gasteiger partial charge in [0.2, 0.25) is 5.91 Å². The van der Waals surface area contributed by atoms with Gasteiger partial charge in [-0.2, -0.15) is 0 Å². The molecule has 126 valence electrons. The third-order valence-electron chi connectivity index (χ3n) is 4.31. The molecule has 2 aromatic rings. The van der Waals surface area contributed by atoms with Crippen molar-refractivity contribution in [3.63, 3.8) is 0 Å². The lowest BCUT2D eigenvalue weighted by molar-refractivity contribution is -0.133. The molecule has 0 bridgehead atoms. The van der Waals surface area contributed by atoms with Crippen LogP contribution in [0.15, 0.2) is 29.3 Å². The van der Waals surface area contributed by atoms with Crippen molar-refractivity contribution in [2.24, 2.45) is 0 Å². The van der Waals surface area contributed by atoms with Crippen molar-refractivity contribution in [3.8, 4) is 11.4 Å². The van der Waals surface area contributed by atoms with Crippen molar-refractivity contribution in [2.45, 2.75) is 26.3 Å².